The number of hydrogen-bond acceptors (Lipinski definition) is 2. The number of hydrogen-bond donors (Lipinski definition) is 3. The predicted octanol–water partition coefficient (Wildman–Crippen LogP) is 2.38. The van der Waals surface area contributed by atoms with E-state index in [2.05, 4.69) is 10.6 Å². The SMILES string of the molecule is Cc1ccc(NC(=O)[C@H](Cc2ccccc2)NC(N)=S)cc1. The first-order chi connectivity index (χ1) is 10.5. The van der Waals surface area contributed by atoms with Crippen molar-refractivity contribution in [3.8, 4) is 0 Å². The minimum atomic E-state index is -0.513. The molecule has 0 bridgehead atoms. The van der Waals surface area contributed by atoms with Gasteiger partial charge in [-0.15, -0.1) is 0 Å². The van der Waals surface area contributed by atoms with Crippen molar-refractivity contribution in [3.63, 3.8) is 0 Å². The van der Waals surface area contributed by atoms with Gasteiger partial charge >= 0.3 is 0 Å². The molecule has 0 radical (unpaired) electrons. The quantitative estimate of drug-likeness (QED) is 0.742. The number of thiocarbonyl (C=S) groups is 1. The van der Waals surface area contributed by atoms with Gasteiger partial charge in [-0.3, -0.25) is 4.79 Å². The van der Waals surface area contributed by atoms with Gasteiger partial charge in [0, 0.05) is 12.1 Å². The largest absolute Gasteiger partial charge is 0.376 e. The Morgan fingerprint density at radius 1 is 1.14 bits per heavy atom. The molecule has 4 nitrogen and oxygen atoms in total. The molecule has 2 aromatic rings. The van der Waals surface area contributed by atoms with Gasteiger partial charge < -0.3 is 16.4 Å². The van der Waals surface area contributed by atoms with Crippen LogP contribution in [0, 0.1) is 6.92 Å². The lowest BCUT2D eigenvalue weighted by Gasteiger charge is -2.18. The molecule has 2 aromatic carbocycles. The number of benzene rings is 2. The summed E-state index contributed by atoms with van der Waals surface area (Å²) >= 11 is 4.88. The summed E-state index contributed by atoms with van der Waals surface area (Å²) in [6.07, 6.45) is 0.510. The van der Waals surface area contributed by atoms with E-state index in [1.165, 1.54) is 0 Å². The van der Waals surface area contributed by atoms with E-state index < -0.39 is 6.04 Å². The number of rotatable bonds is 5. The van der Waals surface area contributed by atoms with E-state index in [0.29, 0.717) is 6.42 Å². The Morgan fingerprint density at radius 2 is 1.77 bits per heavy atom. The molecular formula is C17H19N3OS. The van der Waals surface area contributed by atoms with Crippen LogP contribution in [0.3, 0.4) is 0 Å². The van der Waals surface area contributed by atoms with Crippen LogP contribution in [0.5, 0.6) is 0 Å². The van der Waals surface area contributed by atoms with Crippen LogP contribution < -0.4 is 16.4 Å². The number of anilines is 1. The Kier molecular flexibility index (Phi) is 5.49. The Balaban J connectivity index is 2.08. The summed E-state index contributed by atoms with van der Waals surface area (Å²) in [6, 6.07) is 16.9. The van der Waals surface area contributed by atoms with Crippen molar-refractivity contribution in [1.29, 1.82) is 0 Å². The van der Waals surface area contributed by atoms with E-state index in [-0.39, 0.29) is 11.0 Å². The minimum Gasteiger partial charge on any atom is -0.376 e. The summed E-state index contributed by atoms with van der Waals surface area (Å²) in [5.41, 5.74) is 8.46. The van der Waals surface area contributed by atoms with Crippen molar-refractivity contribution < 1.29 is 4.79 Å². The fourth-order valence-corrected chi connectivity index (χ4v) is 2.24. The minimum absolute atomic E-state index is 0.111. The molecule has 0 heterocycles. The number of nitrogens with one attached hydrogen (secondary N) is 2. The highest BCUT2D eigenvalue weighted by Crippen LogP contribution is 2.10. The van der Waals surface area contributed by atoms with Gasteiger partial charge in [0.05, 0.1) is 0 Å². The Bertz CT molecular complexity index is 641. The average molecular weight is 313 g/mol. The lowest BCUT2D eigenvalue weighted by Crippen LogP contribution is -2.47. The molecular weight excluding hydrogens is 294 g/mol. The molecule has 1 atom stereocenters. The van der Waals surface area contributed by atoms with E-state index in [0.717, 1.165) is 16.8 Å². The van der Waals surface area contributed by atoms with Crippen molar-refractivity contribution in [2.45, 2.75) is 19.4 Å². The van der Waals surface area contributed by atoms with E-state index in [1.807, 2.05) is 61.5 Å². The first kappa shape index (κ1) is 16.0. The Morgan fingerprint density at radius 3 is 2.36 bits per heavy atom. The first-order valence-corrected chi connectivity index (χ1v) is 7.43. The van der Waals surface area contributed by atoms with Crippen LogP contribution in [0.1, 0.15) is 11.1 Å². The van der Waals surface area contributed by atoms with Crippen molar-refractivity contribution in [2.75, 3.05) is 5.32 Å². The van der Waals surface area contributed by atoms with Crippen LogP contribution in [0.15, 0.2) is 54.6 Å². The second-order valence-corrected chi connectivity index (χ2v) is 5.55. The van der Waals surface area contributed by atoms with E-state index in [1.54, 1.807) is 0 Å². The molecule has 2 rings (SSSR count). The van der Waals surface area contributed by atoms with Crippen molar-refractivity contribution in [1.82, 2.24) is 5.32 Å². The van der Waals surface area contributed by atoms with E-state index in [9.17, 15) is 4.79 Å². The van der Waals surface area contributed by atoms with Gasteiger partial charge in [-0.25, -0.2) is 0 Å². The summed E-state index contributed by atoms with van der Waals surface area (Å²) in [7, 11) is 0. The number of nitrogens with two attached hydrogens (primary N) is 1. The third kappa shape index (κ3) is 4.86. The summed E-state index contributed by atoms with van der Waals surface area (Å²) in [5.74, 6) is -0.166. The maximum Gasteiger partial charge on any atom is 0.247 e. The highest BCUT2D eigenvalue weighted by atomic mass is 32.1. The summed E-state index contributed by atoms with van der Waals surface area (Å²) < 4.78 is 0. The first-order valence-electron chi connectivity index (χ1n) is 7.02. The third-order valence-electron chi connectivity index (χ3n) is 3.23. The molecule has 0 aliphatic heterocycles. The van der Waals surface area contributed by atoms with Gasteiger partial charge in [0.1, 0.15) is 6.04 Å². The maximum absolute atomic E-state index is 12.4. The highest BCUT2D eigenvalue weighted by Gasteiger charge is 2.19. The Hall–Kier alpha value is -2.40. The van der Waals surface area contributed by atoms with Gasteiger partial charge in [-0.2, -0.15) is 0 Å². The number of aryl methyl sites for hydroxylation is 1. The fraction of sp³-hybridized carbons (Fsp3) is 0.176. The van der Waals surface area contributed by atoms with Crippen LogP contribution in [0.25, 0.3) is 0 Å². The normalized spacial score (nSPS) is 11.5. The predicted molar refractivity (Wildman–Crippen MR) is 93.7 cm³/mol. The van der Waals surface area contributed by atoms with Gasteiger partial charge in [-0.1, -0.05) is 48.0 Å². The maximum atomic E-state index is 12.4. The molecule has 0 saturated carbocycles. The molecule has 0 aliphatic carbocycles. The summed E-state index contributed by atoms with van der Waals surface area (Å²) in [4.78, 5) is 12.4. The molecule has 114 valence electrons. The number of amides is 1. The van der Waals surface area contributed by atoms with Gasteiger partial charge in [-0.05, 0) is 36.8 Å². The lowest BCUT2D eigenvalue weighted by molar-refractivity contribution is -0.117. The molecule has 0 aromatic heterocycles. The molecule has 22 heavy (non-hydrogen) atoms. The third-order valence-corrected chi connectivity index (χ3v) is 3.35. The van der Waals surface area contributed by atoms with Crippen LogP contribution in [0.4, 0.5) is 5.69 Å². The molecule has 4 N–H and O–H groups in total. The molecule has 0 fully saturated rings. The van der Waals surface area contributed by atoms with Crippen LogP contribution in [-0.2, 0) is 11.2 Å². The van der Waals surface area contributed by atoms with E-state index in [4.69, 9.17) is 18.0 Å². The van der Waals surface area contributed by atoms with E-state index >= 15 is 0 Å². The van der Waals surface area contributed by atoms with Crippen LogP contribution in [-0.4, -0.2) is 17.1 Å². The topological polar surface area (TPSA) is 67.2 Å². The zero-order chi connectivity index (χ0) is 15.9. The van der Waals surface area contributed by atoms with Gasteiger partial charge in [0.25, 0.3) is 0 Å². The number of carbonyl (C=O) groups is 1. The smallest absolute Gasteiger partial charge is 0.247 e. The van der Waals surface area contributed by atoms with Crippen molar-refractivity contribution in [2.24, 2.45) is 5.73 Å². The standard InChI is InChI=1S/C17H19N3OS/c1-12-7-9-14(10-8-12)19-16(21)15(20-17(18)22)11-13-5-3-2-4-6-13/h2-10,15H,11H2,1H3,(H,19,21)(H3,18,20,22)/t15-/m0/s1. The highest BCUT2D eigenvalue weighted by molar-refractivity contribution is 7.80. The van der Waals surface area contributed by atoms with Gasteiger partial charge in [0.15, 0.2) is 5.11 Å². The van der Waals surface area contributed by atoms with Crippen molar-refractivity contribution >= 4 is 28.9 Å². The van der Waals surface area contributed by atoms with Crippen LogP contribution >= 0.6 is 12.2 Å². The monoisotopic (exact) mass is 313 g/mol. The molecule has 0 spiro atoms. The summed E-state index contributed by atoms with van der Waals surface area (Å²) in [6.45, 7) is 2.00. The van der Waals surface area contributed by atoms with Gasteiger partial charge in [0.2, 0.25) is 5.91 Å². The molecule has 5 heteroatoms. The van der Waals surface area contributed by atoms with Crippen LogP contribution in [0.2, 0.25) is 0 Å². The average Bonchev–Trinajstić information content (AvgIpc) is 2.49. The second-order valence-electron chi connectivity index (χ2n) is 5.11. The molecule has 0 saturated heterocycles. The van der Waals surface area contributed by atoms with Crippen molar-refractivity contribution in [3.05, 3.63) is 65.7 Å². The molecule has 0 unspecified atom stereocenters. The summed E-state index contributed by atoms with van der Waals surface area (Å²) in [5, 5.41) is 5.85. The Labute approximate surface area is 135 Å². The molecule has 0 aliphatic rings. The number of carbonyl (C=O) groups excluding carboxylic acids is 1. The molecule has 1 amide bonds. The zero-order valence-corrected chi connectivity index (χ0v) is 13.2. The second kappa shape index (κ2) is 7.56. The fourth-order valence-electron chi connectivity index (χ4n) is 2.10. The zero-order valence-electron chi connectivity index (χ0n) is 12.4. The lowest BCUT2D eigenvalue weighted by atomic mass is 10.1.